The Kier molecular flexibility index (Phi) is 2.98. The third kappa shape index (κ3) is 2.39. The molecular weight excluding hydrogens is 263 g/mol. The van der Waals surface area contributed by atoms with E-state index in [2.05, 4.69) is 32.9 Å². The normalized spacial score (nSPS) is 15.6. The summed E-state index contributed by atoms with van der Waals surface area (Å²) in [6.07, 6.45) is 4.37. The molecule has 0 aromatic carbocycles. The number of anilines is 1. The van der Waals surface area contributed by atoms with Crippen molar-refractivity contribution in [2.24, 2.45) is 0 Å². The van der Waals surface area contributed by atoms with Crippen molar-refractivity contribution in [2.75, 3.05) is 18.5 Å². The lowest BCUT2D eigenvalue weighted by Gasteiger charge is -2.18. The predicted octanol–water partition coefficient (Wildman–Crippen LogP) is 3.30. The number of hydrogen-bond donors (Lipinski definition) is 0. The molecule has 0 atom stereocenters. The summed E-state index contributed by atoms with van der Waals surface area (Å²) in [7, 11) is 2.07. The van der Waals surface area contributed by atoms with Crippen LogP contribution in [0.2, 0.25) is 5.15 Å². The van der Waals surface area contributed by atoms with Crippen LogP contribution in [-0.4, -0.2) is 18.6 Å². The van der Waals surface area contributed by atoms with Crippen molar-refractivity contribution < 1.29 is 0 Å². The van der Waals surface area contributed by atoms with Crippen LogP contribution in [0.3, 0.4) is 0 Å². The molecule has 0 bridgehead atoms. The minimum absolute atomic E-state index is 0.515. The van der Waals surface area contributed by atoms with Gasteiger partial charge in [-0.3, -0.25) is 0 Å². The molecule has 0 aliphatic heterocycles. The average molecular weight is 275 g/mol. The van der Waals surface area contributed by atoms with Crippen LogP contribution in [0, 0.1) is 5.92 Å². The largest absolute Gasteiger partial charge is 0.373 e. The van der Waals surface area contributed by atoms with E-state index in [0.29, 0.717) is 5.15 Å². The van der Waals surface area contributed by atoms with Crippen LogP contribution >= 0.6 is 27.5 Å². The fourth-order valence-corrected chi connectivity index (χ4v) is 1.73. The summed E-state index contributed by atoms with van der Waals surface area (Å²) in [4.78, 5) is 6.29. The third-order valence-electron chi connectivity index (χ3n) is 2.29. The second-order valence-corrected chi connectivity index (χ2v) is 4.78. The Morgan fingerprint density at radius 3 is 2.86 bits per heavy atom. The van der Waals surface area contributed by atoms with E-state index in [1.807, 2.05) is 6.07 Å². The molecule has 1 radical (unpaired) electrons. The number of aromatic nitrogens is 1. The summed E-state index contributed by atoms with van der Waals surface area (Å²) in [5.41, 5.74) is 1.10. The summed E-state index contributed by atoms with van der Waals surface area (Å²) >= 11 is 9.19. The van der Waals surface area contributed by atoms with E-state index in [-0.39, 0.29) is 0 Å². The highest BCUT2D eigenvalue weighted by atomic mass is 79.9. The zero-order chi connectivity index (χ0) is 10.1. The number of halogens is 2. The standard InChI is InChI=1S/C10H11BrClN2/c1-14(6-7-2-3-7)8-4-9(11)10(12)13-5-8/h4-5H,2-3,6H2,1H3. The van der Waals surface area contributed by atoms with Gasteiger partial charge in [0.2, 0.25) is 0 Å². The van der Waals surface area contributed by atoms with Crippen LogP contribution in [0.4, 0.5) is 5.69 Å². The molecule has 1 aromatic rings. The van der Waals surface area contributed by atoms with Gasteiger partial charge in [-0.25, -0.2) is 4.98 Å². The topological polar surface area (TPSA) is 16.1 Å². The van der Waals surface area contributed by atoms with Gasteiger partial charge in [0.05, 0.1) is 16.4 Å². The molecule has 1 aliphatic carbocycles. The molecule has 0 N–H and O–H groups in total. The number of rotatable bonds is 3. The van der Waals surface area contributed by atoms with Gasteiger partial charge in [0.1, 0.15) is 5.15 Å². The molecule has 14 heavy (non-hydrogen) atoms. The van der Waals surface area contributed by atoms with Gasteiger partial charge in [-0.1, -0.05) is 11.6 Å². The van der Waals surface area contributed by atoms with Gasteiger partial charge in [-0.2, -0.15) is 0 Å². The lowest BCUT2D eigenvalue weighted by Crippen LogP contribution is -2.19. The summed E-state index contributed by atoms with van der Waals surface area (Å²) in [6.45, 7) is 1.04. The first-order chi connectivity index (χ1) is 6.66. The molecule has 1 fully saturated rings. The van der Waals surface area contributed by atoms with Gasteiger partial charge < -0.3 is 4.90 Å². The van der Waals surface area contributed by atoms with E-state index in [4.69, 9.17) is 11.6 Å². The summed E-state index contributed by atoms with van der Waals surface area (Å²) in [5.74, 6) is 1.61. The Bertz CT molecular complexity index is 339. The molecule has 4 heteroatoms. The molecule has 2 rings (SSSR count). The fraction of sp³-hybridized carbons (Fsp3) is 0.400. The van der Waals surface area contributed by atoms with E-state index < -0.39 is 0 Å². The van der Waals surface area contributed by atoms with Gasteiger partial charge in [-0.05, 0) is 40.8 Å². The SMILES string of the molecule is CN(C[C]1CC1)c1cnc(Cl)c(Br)c1. The average Bonchev–Trinajstić information content (AvgIpc) is 2.93. The van der Waals surface area contributed by atoms with Crippen LogP contribution in [0.1, 0.15) is 12.8 Å². The molecule has 1 saturated carbocycles. The second-order valence-electron chi connectivity index (χ2n) is 3.57. The fourth-order valence-electron chi connectivity index (χ4n) is 1.29. The summed E-state index contributed by atoms with van der Waals surface area (Å²) in [6, 6.07) is 2.00. The maximum atomic E-state index is 5.82. The van der Waals surface area contributed by atoms with E-state index in [0.717, 1.165) is 16.7 Å². The van der Waals surface area contributed by atoms with Gasteiger partial charge in [0.25, 0.3) is 0 Å². The highest BCUT2D eigenvalue weighted by Crippen LogP contribution is 2.34. The first-order valence-corrected chi connectivity index (χ1v) is 5.69. The second kappa shape index (κ2) is 4.07. The van der Waals surface area contributed by atoms with Crippen LogP contribution in [0.25, 0.3) is 0 Å². The maximum Gasteiger partial charge on any atom is 0.143 e. The molecular formula is C10H11BrClN2. The molecule has 2 nitrogen and oxygen atoms in total. The molecule has 1 heterocycles. The minimum Gasteiger partial charge on any atom is -0.373 e. The van der Waals surface area contributed by atoms with E-state index in [9.17, 15) is 0 Å². The monoisotopic (exact) mass is 273 g/mol. The highest BCUT2D eigenvalue weighted by Gasteiger charge is 2.23. The Labute approximate surface area is 97.4 Å². The Balaban J connectivity index is 2.10. The maximum absolute atomic E-state index is 5.82. The first-order valence-electron chi connectivity index (χ1n) is 4.52. The lowest BCUT2D eigenvalue weighted by atomic mass is 10.3. The number of pyridine rings is 1. The first kappa shape index (κ1) is 10.2. The van der Waals surface area contributed by atoms with E-state index >= 15 is 0 Å². The van der Waals surface area contributed by atoms with Gasteiger partial charge >= 0.3 is 0 Å². The Morgan fingerprint density at radius 1 is 1.57 bits per heavy atom. The number of hydrogen-bond acceptors (Lipinski definition) is 2. The molecule has 0 unspecified atom stereocenters. The van der Waals surface area contributed by atoms with Crippen molar-refractivity contribution in [3.05, 3.63) is 27.8 Å². The smallest absolute Gasteiger partial charge is 0.143 e. The molecule has 0 spiro atoms. The van der Waals surface area contributed by atoms with E-state index in [1.54, 1.807) is 12.1 Å². The van der Waals surface area contributed by atoms with Gasteiger partial charge in [0.15, 0.2) is 0 Å². The molecule has 0 amide bonds. The molecule has 1 aromatic heterocycles. The van der Waals surface area contributed by atoms with Crippen LogP contribution < -0.4 is 4.90 Å². The third-order valence-corrected chi connectivity index (χ3v) is 3.42. The van der Waals surface area contributed by atoms with Crippen molar-refractivity contribution >= 4 is 33.2 Å². The van der Waals surface area contributed by atoms with Crippen LogP contribution in [0.15, 0.2) is 16.7 Å². The molecule has 0 saturated heterocycles. The molecule has 1 aliphatic rings. The van der Waals surface area contributed by atoms with Crippen LogP contribution in [-0.2, 0) is 0 Å². The minimum atomic E-state index is 0.515. The van der Waals surface area contributed by atoms with Crippen LogP contribution in [0.5, 0.6) is 0 Å². The Hall–Kier alpha value is -0.280. The van der Waals surface area contributed by atoms with Crippen molar-refractivity contribution in [1.29, 1.82) is 0 Å². The van der Waals surface area contributed by atoms with Crippen molar-refractivity contribution in [2.45, 2.75) is 12.8 Å². The highest BCUT2D eigenvalue weighted by molar-refractivity contribution is 9.10. The zero-order valence-electron chi connectivity index (χ0n) is 7.93. The molecule has 75 valence electrons. The Morgan fingerprint density at radius 2 is 2.29 bits per heavy atom. The zero-order valence-corrected chi connectivity index (χ0v) is 10.3. The van der Waals surface area contributed by atoms with Gasteiger partial charge in [-0.15, -0.1) is 0 Å². The van der Waals surface area contributed by atoms with Crippen molar-refractivity contribution in [3.8, 4) is 0 Å². The van der Waals surface area contributed by atoms with Gasteiger partial charge in [0, 0.05) is 13.6 Å². The van der Waals surface area contributed by atoms with Crippen molar-refractivity contribution in [3.63, 3.8) is 0 Å². The summed E-state index contributed by atoms with van der Waals surface area (Å²) < 4.78 is 0.851. The lowest BCUT2D eigenvalue weighted by molar-refractivity contribution is 0.955. The number of nitrogens with zero attached hydrogens (tertiary/aromatic N) is 2. The van der Waals surface area contributed by atoms with E-state index in [1.165, 1.54) is 12.8 Å². The predicted molar refractivity (Wildman–Crippen MR) is 62.7 cm³/mol. The quantitative estimate of drug-likeness (QED) is 0.786. The van der Waals surface area contributed by atoms with Crippen molar-refractivity contribution in [1.82, 2.24) is 4.98 Å². The summed E-state index contributed by atoms with van der Waals surface area (Å²) in [5, 5.41) is 0.515.